The fraction of sp³-hybridized carbons (Fsp3) is 0.105. The molecule has 1 heterocycles. The van der Waals surface area contributed by atoms with E-state index in [1.165, 1.54) is 0 Å². The molecule has 3 rings (SSSR count). The predicted octanol–water partition coefficient (Wildman–Crippen LogP) is 1.97. The Morgan fingerprint density at radius 3 is 2.03 bits per heavy atom. The lowest BCUT2D eigenvalue weighted by Crippen LogP contribution is -2.31. The Labute approximate surface area is 169 Å². The lowest BCUT2D eigenvalue weighted by atomic mass is 10.1. The van der Waals surface area contributed by atoms with E-state index in [-0.39, 0.29) is 11.5 Å². The van der Waals surface area contributed by atoms with Crippen LogP contribution in [0.5, 0.6) is 5.75 Å². The van der Waals surface area contributed by atoms with Gasteiger partial charge in [-0.2, -0.15) is 8.42 Å². The summed E-state index contributed by atoms with van der Waals surface area (Å²) >= 11 is 0. The number of carboxylic acid groups (broad SMARTS) is 2. The highest BCUT2D eigenvalue weighted by Crippen LogP contribution is 2.29. The van der Waals surface area contributed by atoms with Crippen LogP contribution < -0.4 is 5.43 Å². The van der Waals surface area contributed by atoms with Crippen molar-refractivity contribution in [1.29, 1.82) is 0 Å². The zero-order chi connectivity index (χ0) is 22.5. The minimum atomic E-state index is -4.84. The van der Waals surface area contributed by atoms with E-state index in [2.05, 4.69) is 0 Å². The van der Waals surface area contributed by atoms with Crippen molar-refractivity contribution in [2.24, 2.45) is 0 Å². The van der Waals surface area contributed by atoms with Crippen LogP contribution in [0.3, 0.4) is 0 Å². The van der Waals surface area contributed by atoms with Crippen LogP contribution >= 0.6 is 0 Å². The molecule has 30 heavy (non-hydrogen) atoms. The SMILES string of the molecule is O=C(O)CC(C(=O)O)S(=O)(=O)O.O=c1c(O)c(-c2ccccc2)oc2ccccc12. The number of para-hydroxylation sites is 1. The van der Waals surface area contributed by atoms with Gasteiger partial charge in [0.25, 0.3) is 10.1 Å². The summed E-state index contributed by atoms with van der Waals surface area (Å²) in [5, 5.41) is 24.2. The van der Waals surface area contributed by atoms with Crippen molar-refractivity contribution in [2.45, 2.75) is 11.7 Å². The number of fused-ring (bicyclic) bond motifs is 1. The van der Waals surface area contributed by atoms with Gasteiger partial charge in [0.1, 0.15) is 5.58 Å². The third kappa shape index (κ3) is 5.43. The van der Waals surface area contributed by atoms with Crippen molar-refractivity contribution in [3.63, 3.8) is 0 Å². The molecule has 158 valence electrons. The van der Waals surface area contributed by atoms with Gasteiger partial charge in [-0.1, -0.05) is 42.5 Å². The maximum absolute atomic E-state index is 12.0. The molecule has 0 bridgehead atoms. The largest absolute Gasteiger partial charge is 0.502 e. The van der Waals surface area contributed by atoms with E-state index in [4.69, 9.17) is 19.2 Å². The van der Waals surface area contributed by atoms with Gasteiger partial charge in [0.2, 0.25) is 11.2 Å². The molecule has 10 nitrogen and oxygen atoms in total. The standard InChI is InChI=1S/C15H10O3.C4H6O7S/c16-13-11-8-4-5-9-12(11)18-15(14(13)17)10-6-2-1-3-7-10;5-3(6)1-2(4(7)8)12(9,10)11/h1-9,17H;2H,1H2,(H,5,6)(H,7,8)(H,9,10,11). The molecule has 3 aromatic rings. The molecule has 0 aliphatic rings. The number of carboxylic acids is 2. The van der Waals surface area contributed by atoms with E-state index in [0.29, 0.717) is 16.5 Å². The third-order valence-corrected chi connectivity index (χ3v) is 4.89. The monoisotopic (exact) mass is 436 g/mol. The first-order valence-electron chi connectivity index (χ1n) is 8.23. The fourth-order valence-corrected chi connectivity index (χ4v) is 3.00. The Morgan fingerprint density at radius 2 is 1.53 bits per heavy atom. The number of aromatic hydroxyl groups is 1. The molecule has 2 aromatic carbocycles. The predicted molar refractivity (Wildman–Crippen MR) is 105 cm³/mol. The van der Waals surface area contributed by atoms with Gasteiger partial charge in [0, 0.05) is 5.56 Å². The van der Waals surface area contributed by atoms with Crippen molar-refractivity contribution in [2.75, 3.05) is 0 Å². The average molecular weight is 436 g/mol. The van der Waals surface area contributed by atoms with Gasteiger partial charge in [-0.3, -0.25) is 18.9 Å². The zero-order valence-corrected chi connectivity index (χ0v) is 15.9. The normalized spacial score (nSPS) is 11.9. The Hall–Kier alpha value is -3.70. The van der Waals surface area contributed by atoms with Gasteiger partial charge in [-0.05, 0) is 12.1 Å². The van der Waals surface area contributed by atoms with Gasteiger partial charge in [0.05, 0.1) is 11.8 Å². The van der Waals surface area contributed by atoms with Crippen LogP contribution in [0, 0.1) is 0 Å². The Bertz CT molecular complexity index is 1230. The molecular weight excluding hydrogens is 420 g/mol. The molecule has 0 aliphatic heterocycles. The van der Waals surface area contributed by atoms with E-state index in [0.717, 1.165) is 0 Å². The van der Waals surface area contributed by atoms with E-state index < -0.39 is 39.2 Å². The van der Waals surface area contributed by atoms with E-state index >= 15 is 0 Å². The zero-order valence-electron chi connectivity index (χ0n) is 15.1. The number of hydrogen-bond donors (Lipinski definition) is 4. The molecular formula is C19H16O10S. The minimum absolute atomic E-state index is 0.208. The molecule has 0 saturated heterocycles. The Kier molecular flexibility index (Phi) is 6.93. The smallest absolute Gasteiger partial charge is 0.325 e. The van der Waals surface area contributed by atoms with Crippen LogP contribution in [-0.4, -0.2) is 45.5 Å². The molecule has 0 amide bonds. The second-order valence-electron chi connectivity index (χ2n) is 5.91. The van der Waals surface area contributed by atoms with Crippen molar-refractivity contribution in [3.05, 3.63) is 64.8 Å². The molecule has 1 atom stereocenters. The van der Waals surface area contributed by atoms with Gasteiger partial charge in [-0.15, -0.1) is 0 Å². The minimum Gasteiger partial charge on any atom is -0.502 e. The van der Waals surface area contributed by atoms with Crippen LogP contribution in [-0.2, 0) is 19.7 Å². The quantitative estimate of drug-likeness (QED) is 0.432. The summed E-state index contributed by atoms with van der Waals surface area (Å²) in [5.74, 6) is -3.64. The molecule has 1 unspecified atom stereocenters. The fourth-order valence-electron chi connectivity index (χ4n) is 2.40. The Balaban J connectivity index is 0.000000235. The second kappa shape index (κ2) is 9.20. The summed E-state index contributed by atoms with van der Waals surface area (Å²) in [6.45, 7) is 0. The molecule has 11 heteroatoms. The van der Waals surface area contributed by atoms with Crippen LogP contribution in [0.1, 0.15) is 6.42 Å². The number of aliphatic carboxylic acids is 2. The van der Waals surface area contributed by atoms with Gasteiger partial charge < -0.3 is 19.7 Å². The van der Waals surface area contributed by atoms with E-state index in [9.17, 15) is 27.9 Å². The van der Waals surface area contributed by atoms with Crippen LogP contribution in [0.4, 0.5) is 0 Å². The lowest BCUT2D eigenvalue weighted by Gasteiger charge is -2.05. The van der Waals surface area contributed by atoms with E-state index in [1.807, 2.05) is 18.2 Å². The molecule has 0 spiro atoms. The Morgan fingerprint density at radius 1 is 0.967 bits per heavy atom. The molecule has 4 N–H and O–H groups in total. The van der Waals surface area contributed by atoms with Crippen molar-refractivity contribution in [1.82, 2.24) is 0 Å². The summed E-state index contributed by atoms with van der Waals surface area (Å²) in [6.07, 6.45) is -1.16. The highest BCUT2D eigenvalue weighted by Gasteiger charge is 2.33. The maximum atomic E-state index is 12.0. The molecule has 0 radical (unpaired) electrons. The lowest BCUT2D eigenvalue weighted by molar-refractivity contribution is -0.143. The first-order valence-corrected chi connectivity index (χ1v) is 9.73. The van der Waals surface area contributed by atoms with E-state index in [1.54, 1.807) is 36.4 Å². The van der Waals surface area contributed by atoms with Crippen molar-refractivity contribution >= 4 is 33.0 Å². The average Bonchev–Trinajstić information content (AvgIpc) is 2.69. The first kappa shape index (κ1) is 22.6. The highest BCUT2D eigenvalue weighted by atomic mass is 32.2. The highest BCUT2D eigenvalue weighted by molar-refractivity contribution is 7.87. The summed E-state index contributed by atoms with van der Waals surface area (Å²) < 4.78 is 34.3. The molecule has 0 saturated carbocycles. The third-order valence-electron chi connectivity index (χ3n) is 3.80. The summed E-state index contributed by atoms with van der Waals surface area (Å²) in [6, 6.07) is 15.9. The number of hydrogen-bond acceptors (Lipinski definition) is 7. The van der Waals surface area contributed by atoms with Crippen molar-refractivity contribution < 1.29 is 42.3 Å². The van der Waals surface area contributed by atoms with Crippen LogP contribution in [0.25, 0.3) is 22.3 Å². The second-order valence-corrected chi connectivity index (χ2v) is 7.51. The van der Waals surface area contributed by atoms with Gasteiger partial charge >= 0.3 is 11.9 Å². The molecule has 0 aliphatic carbocycles. The summed E-state index contributed by atoms with van der Waals surface area (Å²) in [4.78, 5) is 32.0. The number of rotatable bonds is 5. The van der Waals surface area contributed by atoms with Gasteiger partial charge in [-0.25, -0.2) is 0 Å². The first-order chi connectivity index (χ1) is 14.0. The topological polar surface area (TPSA) is 179 Å². The molecule has 1 aromatic heterocycles. The van der Waals surface area contributed by atoms with Gasteiger partial charge in [0.15, 0.2) is 11.0 Å². The van der Waals surface area contributed by atoms with Crippen LogP contribution in [0.2, 0.25) is 0 Å². The van der Waals surface area contributed by atoms with Crippen molar-refractivity contribution in [3.8, 4) is 17.1 Å². The summed E-state index contributed by atoms with van der Waals surface area (Å²) in [5.41, 5.74) is 0.743. The van der Waals surface area contributed by atoms with Crippen LogP contribution in [0.15, 0.2) is 63.8 Å². The number of benzene rings is 2. The number of carbonyl (C=O) groups is 2. The summed E-state index contributed by atoms with van der Waals surface area (Å²) in [7, 11) is -4.84. The molecule has 0 fully saturated rings. The maximum Gasteiger partial charge on any atom is 0.325 e.